The minimum Gasteiger partial charge on any atom is -0.481 e. The quantitative estimate of drug-likeness (QED) is 0.880. The van der Waals surface area contributed by atoms with Crippen molar-refractivity contribution in [2.24, 2.45) is 0 Å². The van der Waals surface area contributed by atoms with E-state index < -0.39 is 5.97 Å². The zero-order chi connectivity index (χ0) is 10.7. The van der Waals surface area contributed by atoms with Crippen LogP contribution in [0.3, 0.4) is 0 Å². The van der Waals surface area contributed by atoms with Gasteiger partial charge in [0, 0.05) is 4.47 Å². The molecule has 0 bridgehead atoms. The number of carboxylic acid groups (broad SMARTS) is 1. The molecule has 0 amide bonds. The Morgan fingerprint density at radius 1 is 1.64 bits per heavy atom. The van der Waals surface area contributed by atoms with Gasteiger partial charge in [-0.1, -0.05) is 15.9 Å². The standard InChI is InChI=1S/C10H8BrNO2/c1-6-2-8(11)3-7(5-12)9(6)4-10(13)14/h2-3H,4H2,1H3,(H,13,14). The summed E-state index contributed by atoms with van der Waals surface area (Å²) >= 11 is 3.26. The molecule has 1 N–H and O–H groups in total. The van der Waals surface area contributed by atoms with Crippen molar-refractivity contribution in [2.45, 2.75) is 13.3 Å². The Labute approximate surface area is 90.1 Å². The third-order valence-corrected chi connectivity index (χ3v) is 2.34. The van der Waals surface area contributed by atoms with Crippen LogP contribution in [0, 0.1) is 18.3 Å². The number of aliphatic carboxylic acids is 1. The first-order valence-corrected chi connectivity index (χ1v) is 4.75. The van der Waals surface area contributed by atoms with Gasteiger partial charge in [-0.25, -0.2) is 0 Å². The second-order valence-corrected chi connectivity index (χ2v) is 3.85. The highest BCUT2D eigenvalue weighted by molar-refractivity contribution is 9.10. The minimum absolute atomic E-state index is 0.109. The molecule has 0 atom stereocenters. The first-order chi connectivity index (χ1) is 6.54. The highest BCUT2D eigenvalue weighted by Crippen LogP contribution is 2.21. The van der Waals surface area contributed by atoms with E-state index in [1.54, 1.807) is 19.1 Å². The zero-order valence-corrected chi connectivity index (χ0v) is 9.13. The number of nitriles is 1. The van der Waals surface area contributed by atoms with Gasteiger partial charge in [-0.3, -0.25) is 4.79 Å². The molecule has 0 aliphatic heterocycles. The maximum atomic E-state index is 10.6. The van der Waals surface area contributed by atoms with E-state index in [2.05, 4.69) is 15.9 Å². The van der Waals surface area contributed by atoms with E-state index in [0.29, 0.717) is 11.1 Å². The predicted molar refractivity (Wildman–Crippen MR) is 54.9 cm³/mol. The molecule has 0 fully saturated rings. The van der Waals surface area contributed by atoms with E-state index in [1.807, 2.05) is 6.07 Å². The van der Waals surface area contributed by atoms with Crippen LogP contribution in [0.5, 0.6) is 0 Å². The third kappa shape index (κ3) is 2.33. The molecule has 0 heterocycles. The highest BCUT2D eigenvalue weighted by atomic mass is 79.9. The van der Waals surface area contributed by atoms with Gasteiger partial charge >= 0.3 is 5.97 Å². The third-order valence-electron chi connectivity index (χ3n) is 1.89. The first-order valence-electron chi connectivity index (χ1n) is 3.95. The average Bonchev–Trinajstić information content (AvgIpc) is 2.08. The zero-order valence-electron chi connectivity index (χ0n) is 7.54. The van der Waals surface area contributed by atoms with Gasteiger partial charge < -0.3 is 5.11 Å². The maximum Gasteiger partial charge on any atom is 0.307 e. The van der Waals surface area contributed by atoms with Crippen molar-refractivity contribution >= 4 is 21.9 Å². The summed E-state index contributed by atoms with van der Waals surface area (Å²) in [5, 5.41) is 17.5. The molecule has 0 aliphatic rings. The summed E-state index contributed by atoms with van der Waals surface area (Å²) in [4.78, 5) is 10.6. The van der Waals surface area contributed by atoms with Crippen LogP contribution in [-0.4, -0.2) is 11.1 Å². The summed E-state index contributed by atoms with van der Waals surface area (Å²) in [5.41, 5.74) is 1.82. The van der Waals surface area contributed by atoms with Crippen LogP contribution in [0.1, 0.15) is 16.7 Å². The van der Waals surface area contributed by atoms with E-state index in [1.165, 1.54) is 0 Å². The van der Waals surface area contributed by atoms with Crippen molar-refractivity contribution < 1.29 is 9.90 Å². The van der Waals surface area contributed by atoms with Gasteiger partial charge in [-0.05, 0) is 30.2 Å². The van der Waals surface area contributed by atoms with Gasteiger partial charge in [0.15, 0.2) is 0 Å². The molecule has 0 saturated heterocycles. The lowest BCUT2D eigenvalue weighted by atomic mass is 10.00. The van der Waals surface area contributed by atoms with Crippen LogP contribution >= 0.6 is 15.9 Å². The van der Waals surface area contributed by atoms with Gasteiger partial charge in [-0.2, -0.15) is 5.26 Å². The Kier molecular flexibility index (Phi) is 3.26. The molecule has 0 radical (unpaired) electrons. The number of halogens is 1. The molecule has 3 nitrogen and oxygen atoms in total. The normalized spacial score (nSPS) is 9.50. The Hall–Kier alpha value is -1.34. The minimum atomic E-state index is -0.924. The van der Waals surface area contributed by atoms with E-state index in [4.69, 9.17) is 10.4 Å². The lowest BCUT2D eigenvalue weighted by molar-refractivity contribution is -0.136. The van der Waals surface area contributed by atoms with Crippen LogP contribution in [0.2, 0.25) is 0 Å². The smallest absolute Gasteiger partial charge is 0.307 e. The number of carboxylic acids is 1. The van der Waals surface area contributed by atoms with Crippen LogP contribution < -0.4 is 0 Å². The van der Waals surface area contributed by atoms with Crippen molar-refractivity contribution in [1.82, 2.24) is 0 Å². The summed E-state index contributed by atoms with van der Waals surface area (Å²) in [6.07, 6.45) is -0.109. The molecule has 1 aromatic rings. The molecule has 72 valence electrons. The van der Waals surface area contributed by atoms with Gasteiger partial charge in [0.2, 0.25) is 0 Å². The Bertz CT molecular complexity index is 421. The van der Waals surface area contributed by atoms with Crippen molar-refractivity contribution in [2.75, 3.05) is 0 Å². The number of rotatable bonds is 2. The van der Waals surface area contributed by atoms with Crippen molar-refractivity contribution in [3.05, 3.63) is 33.3 Å². The Morgan fingerprint density at radius 2 is 2.29 bits per heavy atom. The molecule has 0 aromatic heterocycles. The van der Waals surface area contributed by atoms with E-state index >= 15 is 0 Å². The van der Waals surface area contributed by atoms with Crippen molar-refractivity contribution in [3.63, 3.8) is 0 Å². The maximum absolute atomic E-state index is 10.6. The molecule has 1 rings (SSSR count). The monoisotopic (exact) mass is 253 g/mol. The fourth-order valence-electron chi connectivity index (χ4n) is 1.26. The summed E-state index contributed by atoms with van der Waals surface area (Å²) in [6.45, 7) is 1.80. The molecule has 0 aliphatic carbocycles. The molecule has 1 aromatic carbocycles. The molecule has 4 heteroatoms. The van der Waals surface area contributed by atoms with E-state index in [0.717, 1.165) is 10.0 Å². The lowest BCUT2D eigenvalue weighted by Crippen LogP contribution is -2.04. The Morgan fingerprint density at radius 3 is 2.79 bits per heavy atom. The van der Waals surface area contributed by atoms with Crippen LogP contribution in [0.25, 0.3) is 0 Å². The summed E-state index contributed by atoms with van der Waals surface area (Å²) in [6, 6.07) is 5.42. The molecular formula is C10H8BrNO2. The highest BCUT2D eigenvalue weighted by Gasteiger charge is 2.10. The van der Waals surface area contributed by atoms with Gasteiger partial charge in [-0.15, -0.1) is 0 Å². The molecule has 0 spiro atoms. The SMILES string of the molecule is Cc1cc(Br)cc(C#N)c1CC(=O)O. The molecule has 0 saturated carbocycles. The average molecular weight is 254 g/mol. The fraction of sp³-hybridized carbons (Fsp3) is 0.200. The van der Waals surface area contributed by atoms with Crippen LogP contribution in [-0.2, 0) is 11.2 Å². The summed E-state index contributed by atoms with van der Waals surface area (Å²) < 4.78 is 0.792. The van der Waals surface area contributed by atoms with Crippen LogP contribution in [0.15, 0.2) is 16.6 Å². The molecular weight excluding hydrogens is 246 g/mol. The predicted octanol–water partition coefficient (Wildman–Crippen LogP) is 2.26. The van der Waals surface area contributed by atoms with Gasteiger partial charge in [0.25, 0.3) is 0 Å². The second-order valence-electron chi connectivity index (χ2n) is 2.93. The number of carbonyl (C=O) groups is 1. The summed E-state index contributed by atoms with van der Waals surface area (Å²) in [7, 11) is 0. The number of hydrogen-bond acceptors (Lipinski definition) is 2. The largest absolute Gasteiger partial charge is 0.481 e. The second kappa shape index (κ2) is 4.25. The van der Waals surface area contributed by atoms with E-state index in [9.17, 15) is 4.79 Å². The van der Waals surface area contributed by atoms with Crippen molar-refractivity contribution in [3.8, 4) is 6.07 Å². The molecule has 0 unspecified atom stereocenters. The number of hydrogen-bond donors (Lipinski definition) is 1. The fourth-order valence-corrected chi connectivity index (χ4v) is 1.83. The summed E-state index contributed by atoms with van der Waals surface area (Å²) in [5.74, 6) is -0.924. The Balaban J connectivity index is 3.27. The van der Waals surface area contributed by atoms with Gasteiger partial charge in [0.1, 0.15) is 0 Å². The topological polar surface area (TPSA) is 61.1 Å². The molecule has 14 heavy (non-hydrogen) atoms. The van der Waals surface area contributed by atoms with E-state index in [-0.39, 0.29) is 6.42 Å². The first kappa shape index (κ1) is 10.7. The van der Waals surface area contributed by atoms with Crippen molar-refractivity contribution in [1.29, 1.82) is 5.26 Å². The van der Waals surface area contributed by atoms with Gasteiger partial charge in [0.05, 0.1) is 18.1 Å². The lowest BCUT2D eigenvalue weighted by Gasteiger charge is -2.05. The van der Waals surface area contributed by atoms with Crippen LogP contribution in [0.4, 0.5) is 0 Å². The number of aryl methyl sites for hydroxylation is 1. The number of nitrogens with zero attached hydrogens (tertiary/aromatic N) is 1. The number of benzene rings is 1.